The van der Waals surface area contributed by atoms with E-state index in [0.717, 1.165) is 12.2 Å². The van der Waals surface area contributed by atoms with Gasteiger partial charge in [-0.05, 0) is 31.0 Å². The maximum Gasteiger partial charge on any atom is 0.274 e. The zero-order valence-corrected chi connectivity index (χ0v) is 12.8. The number of carbonyl (C=O) groups excluding carboxylic acids is 1. The number of amides is 1. The second-order valence-electron chi connectivity index (χ2n) is 5.44. The minimum Gasteiger partial charge on any atom is -0.397 e. The molecule has 5 nitrogen and oxygen atoms in total. The van der Waals surface area contributed by atoms with Crippen LogP contribution in [0.15, 0.2) is 36.5 Å². The third kappa shape index (κ3) is 3.42. The van der Waals surface area contributed by atoms with E-state index in [1.165, 1.54) is 0 Å². The SMILES string of the molecule is CCN(CC(C)C)C(=O)c1ccn(-c2ccccc2N)n1. The fraction of sp³-hybridized carbons (Fsp3) is 0.375. The van der Waals surface area contributed by atoms with E-state index in [4.69, 9.17) is 5.73 Å². The largest absolute Gasteiger partial charge is 0.397 e. The molecule has 0 aliphatic carbocycles. The highest BCUT2D eigenvalue weighted by Gasteiger charge is 2.18. The molecule has 0 spiro atoms. The average Bonchev–Trinajstić information content (AvgIpc) is 2.94. The molecule has 21 heavy (non-hydrogen) atoms. The van der Waals surface area contributed by atoms with E-state index >= 15 is 0 Å². The standard InChI is InChI=1S/C16H22N4O/c1-4-19(11-12(2)3)16(21)14-9-10-20(18-14)15-8-6-5-7-13(15)17/h5-10,12H,4,11,17H2,1-3H3. The number of aromatic nitrogens is 2. The van der Waals surface area contributed by atoms with Crippen molar-refractivity contribution in [1.29, 1.82) is 0 Å². The van der Waals surface area contributed by atoms with E-state index in [-0.39, 0.29) is 5.91 Å². The van der Waals surface area contributed by atoms with E-state index in [9.17, 15) is 4.79 Å². The van der Waals surface area contributed by atoms with Crippen molar-refractivity contribution in [3.63, 3.8) is 0 Å². The molecular weight excluding hydrogens is 264 g/mol. The minimum absolute atomic E-state index is 0.0422. The molecule has 2 aromatic rings. The molecule has 0 radical (unpaired) electrons. The van der Waals surface area contributed by atoms with Crippen LogP contribution in [0.5, 0.6) is 0 Å². The Morgan fingerprint density at radius 2 is 2.05 bits per heavy atom. The van der Waals surface area contributed by atoms with Gasteiger partial charge in [0.25, 0.3) is 5.91 Å². The first kappa shape index (κ1) is 15.1. The lowest BCUT2D eigenvalue weighted by atomic mass is 10.2. The van der Waals surface area contributed by atoms with Crippen molar-refractivity contribution in [2.75, 3.05) is 18.8 Å². The highest BCUT2D eigenvalue weighted by Crippen LogP contribution is 2.16. The number of hydrogen-bond acceptors (Lipinski definition) is 3. The second-order valence-corrected chi connectivity index (χ2v) is 5.44. The first-order chi connectivity index (χ1) is 10.0. The van der Waals surface area contributed by atoms with Crippen LogP contribution in [0.1, 0.15) is 31.3 Å². The van der Waals surface area contributed by atoms with Gasteiger partial charge >= 0.3 is 0 Å². The first-order valence-corrected chi connectivity index (χ1v) is 7.22. The number of anilines is 1. The maximum atomic E-state index is 12.5. The molecule has 1 aromatic heterocycles. The van der Waals surface area contributed by atoms with Crippen LogP contribution in [0.25, 0.3) is 5.69 Å². The maximum absolute atomic E-state index is 12.5. The van der Waals surface area contributed by atoms with Crippen molar-refractivity contribution in [3.8, 4) is 5.69 Å². The topological polar surface area (TPSA) is 64.2 Å². The van der Waals surface area contributed by atoms with Crippen molar-refractivity contribution in [2.24, 2.45) is 5.92 Å². The Kier molecular flexibility index (Phi) is 4.62. The van der Waals surface area contributed by atoms with Gasteiger partial charge in [0.05, 0.1) is 11.4 Å². The molecule has 0 saturated carbocycles. The Morgan fingerprint density at radius 1 is 1.33 bits per heavy atom. The fourth-order valence-electron chi connectivity index (χ4n) is 2.23. The normalized spacial score (nSPS) is 10.9. The molecule has 0 saturated heterocycles. The molecule has 0 unspecified atom stereocenters. The van der Waals surface area contributed by atoms with Crippen molar-refractivity contribution >= 4 is 11.6 Å². The van der Waals surface area contributed by atoms with Crippen LogP contribution in [0.3, 0.4) is 0 Å². The van der Waals surface area contributed by atoms with Gasteiger partial charge in [-0.15, -0.1) is 0 Å². The lowest BCUT2D eigenvalue weighted by Crippen LogP contribution is -2.34. The van der Waals surface area contributed by atoms with Crippen molar-refractivity contribution in [3.05, 3.63) is 42.2 Å². The molecule has 0 bridgehead atoms. The van der Waals surface area contributed by atoms with Crippen LogP contribution in [-0.4, -0.2) is 33.7 Å². The lowest BCUT2D eigenvalue weighted by Gasteiger charge is -2.21. The van der Waals surface area contributed by atoms with Crippen molar-refractivity contribution < 1.29 is 4.79 Å². The number of benzene rings is 1. The number of nitrogens with two attached hydrogens (primary N) is 1. The molecule has 2 rings (SSSR count). The van der Waals surface area contributed by atoms with Crippen molar-refractivity contribution in [1.82, 2.24) is 14.7 Å². The molecule has 0 aliphatic rings. The first-order valence-electron chi connectivity index (χ1n) is 7.22. The molecule has 2 N–H and O–H groups in total. The van der Waals surface area contributed by atoms with Gasteiger partial charge in [0.1, 0.15) is 0 Å². The summed E-state index contributed by atoms with van der Waals surface area (Å²) in [6.07, 6.45) is 1.77. The predicted octanol–water partition coefficient (Wildman–Crippen LogP) is 2.57. The number of para-hydroxylation sites is 2. The third-order valence-corrected chi connectivity index (χ3v) is 3.25. The molecule has 1 amide bonds. The monoisotopic (exact) mass is 286 g/mol. The Morgan fingerprint density at radius 3 is 2.67 bits per heavy atom. The molecule has 0 aliphatic heterocycles. The van der Waals surface area contributed by atoms with Gasteiger partial charge in [0.2, 0.25) is 0 Å². The molecule has 0 atom stereocenters. The molecule has 5 heteroatoms. The van der Waals surface area contributed by atoms with Gasteiger partial charge in [-0.25, -0.2) is 4.68 Å². The van der Waals surface area contributed by atoms with E-state index in [2.05, 4.69) is 18.9 Å². The van der Waals surface area contributed by atoms with Crippen LogP contribution in [0.2, 0.25) is 0 Å². The summed E-state index contributed by atoms with van der Waals surface area (Å²) in [5, 5.41) is 4.36. The van der Waals surface area contributed by atoms with E-state index in [1.54, 1.807) is 16.9 Å². The number of hydrogen-bond donors (Lipinski definition) is 1. The van der Waals surface area contributed by atoms with Gasteiger partial charge < -0.3 is 10.6 Å². The summed E-state index contributed by atoms with van der Waals surface area (Å²) in [7, 11) is 0. The van der Waals surface area contributed by atoms with Gasteiger partial charge in [-0.3, -0.25) is 4.79 Å². The Bertz CT molecular complexity index is 618. The van der Waals surface area contributed by atoms with Gasteiger partial charge in [0, 0.05) is 19.3 Å². The summed E-state index contributed by atoms with van der Waals surface area (Å²) in [5.74, 6) is 0.389. The van der Waals surface area contributed by atoms with Gasteiger partial charge in [0.15, 0.2) is 5.69 Å². The lowest BCUT2D eigenvalue weighted by molar-refractivity contribution is 0.0739. The average molecular weight is 286 g/mol. The summed E-state index contributed by atoms with van der Waals surface area (Å²) in [6, 6.07) is 9.19. The van der Waals surface area contributed by atoms with E-state index in [0.29, 0.717) is 23.8 Å². The quantitative estimate of drug-likeness (QED) is 0.859. The molecular formula is C16H22N4O. The van der Waals surface area contributed by atoms with Crippen LogP contribution < -0.4 is 5.73 Å². The van der Waals surface area contributed by atoms with Crippen molar-refractivity contribution in [2.45, 2.75) is 20.8 Å². The third-order valence-electron chi connectivity index (χ3n) is 3.25. The highest BCUT2D eigenvalue weighted by molar-refractivity contribution is 5.92. The second kappa shape index (κ2) is 6.43. The highest BCUT2D eigenvalue weighted by atomic mass is 16.2. The molecule has 0 fully saturated rings. The summed E-state index contributed by atoms with van der Waals surface area (Å²) >= 11 is 0. The van der Waals surface area contributed by atoms with Crippen LogP contribution >= 0.6 is 0 Å². The minimum atomic E-state index is -0.0422. The van der Waals surface area contributed by atoms with E-state index < -0.39 is 0 Å². The summed E-state index contributed by atoms with van der Waals surface area (Å²) in [5.41, 5.74) is 7.79. The zero-order valence-electron chi connectivity index (χ0n) is 12.8. The molecule has 1 heterocycles. The molecule has 112 valence electrons. The van der Waals surface area contributed by atoms with Crippen LogP contribution in [0.4, 0.5) is 5.69 Å². The van der Waals surface area contributed by atoms with Crippen LogP contribution in [-0.2, 0) is 0 Å². The predicted molar refractivity (Wildman–Crippen MR) is 84.4 cm³/mol. The summed E-state index contributed by atoms with van der Waals surface area (Å²) < 4.78 is 1.64. The van der Waals surface area contributed by atoms with Crippen LogP contribution in [0, 0.1) is 5.92 Å². The fourth-order valence-corrected chi connectivity index (χ4v) is 2.23. The number of nitrogen functional groups attached to an aromatic ring is 1. The molecule has 1 aromatic carbocycles. The number of nitrogens with zero attached hydrogens (tertiary/aromatic N) is 3. The Labute approximate surface area is 125 Å². The Balaban J connectivity index is 2.23. The summed E-state index contributed by atoms with van der Waals surface area (Å²) in [4.78, 5) is 14.3. The smallest absolute Gasteiger partial charge is 0.274 e. The van der Waals surface area contributed by atoms with Gasteiger partial charge in [-0.2, -0.15) is 5.10 Å². The number of rotatable bonds is 5. The van der Waals surface area contributed by atoms with Gasteiger partial charge in [-0.1, -0.05) is 26.0 Å². The summed E-state index contributed by atoms with van der Waals surface area (Å²) in [6.45, 7) is 7.58. The zero-order chi connectivity index (χ0) is 15.4. The Hall–Kier alpha value is -2.30. The van der Waals surface area contributed by atoms with E-state index in [1.807, 2.05) is 36.1 Å². The number of carbonyl (C=O) groups is 1.